The fourth-order valence-electron chi connectivity index (χ4n) is 2.01. The minimum atomic E-state index is -0.854. The molecule has 0 spiro atoms. The summed E-state index contributed by atoms with van der Waals surface area (Å²) in [5.41, 5.74) is 1.75. The topological polar surface area (TPSA) is 84.2 Å². The molecule has 2 rings (SSSR count). The Labute approximate surface area is 116 Å². The normalized spacial score (nSPS) is 12.2. The van der Waals surface area contributed by atoms with Gasteiger partial charge in [-0.1, -0.05) is 12.1 Å². The van der Waals surface area contributed by atoms with E-state index in [0.717, 1.165) is 11.0 Å². The molecule has 1 atom stereocenters. The zero-order valence-electron chi connectivity index (χ0n) is 11.2. The van der Waals surface area contributed by atoms with Crippen molar-refractivity contribution in [2.45, 2.75) is 25.8 Å². The molecule has 20 heavy (non-hydrogen) atoms. The lowest BCUT2D eigenvalue weighted by molar-refractivity contribution is -0.137. The maximum Gasteiger partial charge on any atom is 0.303 e. The molecule has 6 heteroatoms. The third-order valence-electron chi connectivity index (χ3n) is 3.14. The van der Waals surface area contributed by atoms with E-state index in [4.69, 9.17) is 5.11 Å². The van der Waals surface area contributed by atoms with E-state index in [1.807, 2.05) is 28.8 Å². The molecule has 106 valence electrons. The Balaban J connectivity index is 1.98. The van der Waals surface area contributed by atoms with Gasteiger partial charge in [0.05, 0.1) is 17.4 Å². The van der Waals surface area contributed by atoms with Crippen molar-refractivity contribution in [3.8, 4) is 0 Å². The van der Waals surface area contributed by atoms with Crippen molar-refractivity contribution < 1.29 is 14.7 Å². The number of fused-ring (bicyclic) bond motifs is 1. The zero-order valence-corrected chi connectivity index (χ0v) is 11.2. The minimum absolute atomic E-state index is 0.0582. The molecule has 0 radical (unpaired) electrons. The van der Waals surface area contributed by atoms with Crippen LogP contribution >= 0.6 is 0 Å². The molecule has 2 aromatic rings. The fourth-order valence-corrected chi connectivity index (χ4v) is 2.01. The number of hydrogen-bond donors (Lipinski definition) is 2. The molecule has 0 saturated carbocycles. The third kappa shape index (κ3) is 3.14. The van der Waals surface area contributed by atoms with E-state index in [9.17, 15) is 9.59 Å². The van der Waals surface area contributed by atoms with E-state index in [2.05, 4.69) is 10.3 Å². The van der Waals surface area contributed by atoms with Crippen LogP contribution < -0.4 is 5.32 Å². The lowest BCUT2D eigenvalue weighted by Crippen LogP contribution is -2.31. The van der Waals surface area contributed by atoms with Gasteiger partial charge in [-0.05, 0) is 25.5 Å². The summed E-state index contributed by atoms with van der Waals surface area (Å²) in [5, 5.41) is 11.3. The Bertz CT molecular complexity index is 621. The van der Waals surface area contributed by atoms with Crippen LogP contribution in [-0.4, -0.2) is 33.1 Å². The molecule has 1 aromatic heterocycles. The van der Waals surface area contributed by atoms with Gasteiger partial charge in [0, 0.05) is 13.0 Å². The molecule has 0 aliphatic carbocycles. The highest BCUT2D eigenvalue weighted by Gasteiger charge is 2.16. The van der Waals surface area contributed by atoms with E-state index in [-0.39, 0.29) is 18.4 Å². The highest BCUT2D eigenvalue weighted by atomic mass is 16.4. The number of para-hydroxylation sites is 2. The maximum atomic E-state index is 12.0. The summed E-state index contributed by atoms with van der Waals surface area (Å²) in [5.74, 6) is -0.994. The van der Waals surface area contributed by atoms with Gasteiger partial charge >= 0.3 is 5.97 Å². The minimum Gasteiger partial charge on any atom is -0.481 e. The lowest BCUT2D eigenvalue weighted by atomic mass is 10.2. The Hall–Kier alpha value is -2.37. The molecular weight excluding hydrogens is 258 g/mol. The number of carboxylic acids is 1. The van der Waals surface area contributed by atoms with Crippen molar-refractivity contribution in [2.24, 2.45) is 0 Å². The summed E-state index contributed by atoms with van der Waals surface area (Å²) in [7, 11) is 0. The average Bonchev–Trinajstić information content (AvgIpc) is 2.86. The van der Waals surface area contributed by atoms with E-state index in [1.165, 1.54) is 0 Å². The van der Waals surface area contributed by atoms with Crippen LogP contribution in [0, 0.1) is 0 Å². The van der Waals surface area contributed by atoms with Crippen LogP contribution in [0.4, 0.5) is 0 Å². The van der Waals surface area contributed by atoms with Gasteiger partial charge in [-0.25, -0.2) is 4.98 Å². The first kappa shape index (κ1) is 14.0. The van der Waals surface area contributed by atoms with Crippen LogP contribution in [0.5, 0.6) is 0 Å². The lowest BCUT2D eigenvalue weighted by Gasteiger charge is -2.14. The van der Waals surface area contributed by atoms with Crippen molar-refractivity contribution in [3.05, 3.63) is 30.6 Å². The highest BCUT2D eigenvalue weighted by molar-refractivity contribution is 5.83. The predicted octanol–water partition coefficient (Wildman–Crippen LogP) is 1.58. The first-order valence-electron chi connectivity index (χ1n) is 6.50. The molecule has 1 unspecified atom stereocenters. The van der Waals surface area contributed by atoms with Gasteiger partial charge in [0.1, 0.15) is 6.04 Å². The van der Waals surface area contributed by atoms with Crippen LogP contribution in [0.2, 0.25) is 0 Å². The number of carbonyl (C=O) groups excluding carboxylic acids is 1. The molecule has 0 aliphatic heterocycles. The first-order chi connectivity index (χ1) is 9.59. The number of carbonyl (C=O) groups is 2. The van der Waals surface area contributed by atoms with Crippen LogP contribution in [0.15, 0.2) is 30.6 Å². The molecule has 2 N–H and O–H groups in total. The number of aliphatic carboxylic acids is 1. The highest BCUT2D eigenvalue weighted by Crippen LogP contribution is 2.17. The van der Waals surface area contributed by atoms with Gasteiger partial charge in [0.15, 0.2) is 0 Å². The number of nitrogens with one attached hydrogen (secondary N) is 1. The molecule has 1 heterocycles. The molecule has 0 fully saturated rings. The van der Waals surface area contributed by atoms with E-state index < -0.39 is 5.97 Å². The van der Waals surface area contributed by atoms with Crippen LogP contribution in [-0.2, 0) is 9.59 Å². The SMILES string of the molecule is CC(C(=O)NCCCC(=O)O)n1cnc2ccccc21. The second-order valence-corrected chi connectivity index (χ2v) is 4.60. The van der Waals surface area contributed by atoms with Crippen molar-refractivity contribution in [2.75, 3.05) is 6.54 Å². The van der Waals surface area contributed by atoms with Gasteiger partial charge in [-0.3, -0.25) is 9.59 Å². The van der Waals surface area contributed by atoms with Gasteiger partial charge in [0.2, 0.25) is 5.91 Å². The van der Waals surface area contributed by atoms with Crippen molar-refractivity contribution in [1.82, 2.24) is 14.9 Å². The second-order valence-electron chi connectivity index (χ2n) is 4.60. The molecule has 0 bridgehead atoms. The fraction of sp³-hybridized carbons (Fsp3) is 0.357. The van der Waals surface area contributed by atoms with E-state index in [1.54, 1.807) is 13.3 Å². The van der Waals surface area contributed by atoms with Crippen molar-refractivity contribution >= 4 is 22.9 Å². The Morgan fingerprint density at radius 2 is 2.15 bits per heavy atom. The number of hydrogen-bond acceptors (Lipinski definition) is 3. The van der Waals surface area contributed by atoms with Gasteiger partial charge in [-0.2, -0.15) is 0 Å². The zero-order chi connectivity index (χ0) is 14.5. The van der Waals surface area contributed by atoms with Crippen LogP contribution in [0.3, 0.4) is 0 Å². The molecule has 0 aliphatic rings. The smallest absolute Gasteiger partial charge is 0.303 e. The summed E-state index contributed by atoms with van der Waals surface area (Å²) in [6, 6.07) is 7.22. The number of imidazole rings is 1. The van der Waals surface area contributed by atoms with Crippen molar-refractivity contribution in [3.63, 3.8) is 0 Å². The maximum absolute atomic E-state index is 12.0. The number of nitrogens with zero attached hydrogens (tertiary/aromatic N) is 2. The number of amides is 1. The van der Waals surface area contributed by atoms with Gasteiger partial charge in [-0.15, -0.1) is 0 Å². The van der Waals surface area contributed by atoms with Crippen molar-refractivity contribution in [1.29, 1.82) is 0 Å². The predicted molar refractivity (Wildman–Crippen MR) is 74.3 cm³/mol. The summed E-state index contributed by atoms with van der Waals surface area (Å²) in [6.45, 7) is 2.16. The number of aromatic nitrogens is 2. The molecular formula is C14H17N3O3. The molecule has 1 amide bonds. The molecule has 6 nitrogen and oxygen atoms in total. The summed E-state index contributed by atoms with van der Waals surface area (Å²) < 4.78 is 1.81. The van der Waals surface area contributed by atoms with E-state index in [0.29, 0.717) is 13.0 Å². The Kier molecular flexibility index (Phi) is 4.34. The molecule has 0 saturated heterocycles. The number of rotatable bonds is 6. The van der Waals surface area contributed by atoms with Crippen LogP contribution in [0.25, 0.3) is 11.0 Å². The Morgan fingerprint density at radius 3 is 2.90 bits per heavy atom. The number of carboxylic acid groups (broad SMARTS) is 1. The summed E-state index contributed by atoms with van der Waals surface area (Å²) in [4.78, 5) is 26.7. The Morgan fingerprint density at radius 1 is 1.40 bits per heavy atom. The monoisotopic (exact) mass is 275 g/mol. The summed E-state index contributed by atoms with van der Waals surface area (Å²) >= 11 is 0. The quantitative estimate of drug-likeness (QED) is 0.784. The third-order valence-corrected chi connectivity index (χ3v) is 3.14. The second kappa shape index (κ2) is 6.18. The van der Waals surface area contributed by atoms with Crippen LogP contribution in [0.1, 0.15) is 25.8 Å². The average molecular weight is 275 g/mol. The standard InChI is InChI=1S/C14H17N3O3/c1-10(14(20)15-8-4-7-13(18)19)17-9-16-11-5-2-3-6-12(11)17/h2-3,5-6,9-10H,4,7-8H2,1H3,(H,15,20)(H,18,19). The summed E-state index contributed by atoms with van der Waals surface area (Å²) in [6.07, 6.45) is 2.13. The first-order valence-corrected chi connectivity index (χ1v) is 6.50. The van der Waals surface area contributed by atoms with Gasteiger partial charge in [0.25, 0.3) is 0 Å². The van der Waals surface area contributed by atoms with E-state index >= 15 is 0 Å². The van der Waals surface area contributed by atoms with Gasteiger partial charge < -0.3 is 15.0 Å². The molecule has 1 aromatic carbocycles. The largest absolute Gasteiger partial charge is 0.481 e. The number of benzene rings is 1.